The van der Waals surface area contributed by atoms with Crippen LogP contribution < -0.4 is 66.0 Å². The standard InChI is InChI=1S/C36H41ClFN5O7S.C24H27ClN4O6S.2C12H16FNO2.C6H6FN.C6H10O3.2ClH/c1-6-20-17-36(20,34(46)42-51(47,48)25-11-12-25)41-31(44)28-16-24(50-32-27-14-21(37)10-13-26(27)29(49-5)18-39-32)19-43(28)33(45)30(35(2,3)4)40-23-9-7-8-22(38)15-23;1-3-13-10-24(13,23(31)29-36(32,33)16-5-6-16)28-21(30)19-9-15(11-26-19)35-22-18-8-14(25)4-7-17(18)20(34-2)12-27-22;2*1-12(2,3)10(11(15)16)14-9-6-4-5-8(13)7-9;7-5-2-1-3-6(8)4-5;1-6(2,3)4(7)5(8)9;;/h6-10,13-15,18,20,24-25,28,30,40H,1,11-12,16-17,19H2,2-5H3,(H,41,44)(H,42,46);3-4,7-8,12-13,15-16,19,26H,1,5-6,9-11H2,2H3,(H,28,30)(H,29,31);2*4-7,10,14H,1-3H3,(H,15,16);1-4H,8H2;1-3H3,(H,8,9);2*1H/t20-,24-,28+,30?,36-;13-,15-,19+,24-;;;;;;/m11....../s1. The minimum Gasteiger partial charge on any atom is -0.494 e. The minimum atomic E-state index is -3.90. The van der Waals surface area contributed by atoms with Gasteiger partial charge >= 0.3 is 17.9 Å². The van der Waals surface area contributed by atoms with E-state index in [1.54, 1.807) is 113 Å². The predicted molar refractivity (Wildman–Crippen MR) is 523 cm³/mol. The second kappa shape index (κ2) is 46.8. The van der Waals surface area contributed by atoms with Crippen molar-refractivity contribution in [2.24, 2.45) is 33.5 Å². The Hall–Kier alpha value is -11.8. The van der Waals surface area contributed by atoms with E-state index in [0.717, 1.165) is 5.39 Å². The maximum atomic E-state index is 14.5. The molecule has 0 radical (unpaired) electrons. The fourth-order valence-corrected chi connectivity index (χ4v) is 17.8. The molecule has 5 amide bonds. The molecule has 13 N–H and O–H groups in total. The zero-order valence-corrected chi connectivity index (χ0v) is 83.2. The first kappa shape index (κ1) is 113. The van der Waals surface area contributed by atoms with Crippen molar-refractivity contribution in [1.29, 1.82) is 0 Å². The molecule has 11 atom stereocenters. The molecule has 0 spiro atoms. The second-order valence-corrected chi connectivity index (χ2v) is 42.7. The average molecular weight is 2040 g/mol. The molecule has 2 saturated heterocycles. The first-order valence-electron chi connectivity index (χ1n) is 43.4. The second-order valence-electron chi connectivity index (χ2n) is 37.9. The first-order chi connectivity index (χ1) is 63.5. The number of rotatable bonds is 28. The van der Waals surface area contributed by atoms with E-state index < -0.39 is 165 Å². The van der Waals surface area contributed by atoms with Crippen LogP contribution in [0.3, 0.4) is 0 Å². The number of ketones is 1. The summed E-state index contributed by atoms with van der Waals surface area (Å²) in [5.74, 6) is -7.83. The third-order valence-electron chi connectivity index (χ3n) is 22.8. The first-order valence-corrected chi connectivity index (χ1v) is 47.3. The molecule has 3 unspecified atom stereocenters. The van der Waals surface area contributed by atoms with Crippen LogP contribution in [0.1, 0.15) is 134 Å². The lowest BCUT2D eigenvalue weighted by Gasteiger charge is -2.36. The molecule has 42 heteroatoms. The topological polar surface area (TPSA) is 471 Å². The summed E-state index contributed by atoms with van der Waals surface area (Å²) >= 11 is 12.5. The van der Waals surface area contributed by atoms with E-state index in [2.05, 4.69) is 64.5 Å². The molecule has 6 aromatic carbocycles. The van der Waals surface area contributed by atoms with E-state index in [-0.39, 0.29) is 79.6 Å². The number of carbonyl (C=O) groups is 9. The zero-order chi connectivity index (χ0) is 101. The number of pyridine rings is 2. The number of aromatic nitrogens is 2. The van der Waals surface area contributed by atoms with E-state index in [1.165, 1.54) is 78.9 Å². The van der Waals surface area contributed by atoms with Crippen LogP contribution >= 0.6 is 48.0 Å². The Morgan fingerprint density at radius 1 is 0.529 bits per heavy atom. The van der Waals surface area contributed by atoms with Crippen molar-refractivity contribution in [2.75, 3.05) is 49.0 Å². The number of ether oxygens (including phenoxy) is 4. The molecule has 0 bridgehead atoms. The number of nitrogen functional groups attached to an aromatic ring is 1. The summed E-state index contributed by atoms with van der Waals surface area (Å²) in [7, 11) is -4.56. The number of amides is 5. The molecule has 2 aromatic heterocycles. The van der Waals surface area contributed by atoms with Crippen LogP contribution in [0.5, 0.6) is 23.3 Å². The Morgan fingerprint density at radius 3 is 1.22 bits per heavy atom. The zero-order valence-electron chi connectivity index (χ0n) is 78.4. The van der Waals surface area contributed by atoms with Crippen molar-refractivity contribution in [2.45, 2.75) is 198 Å². The number of fused-ring (bicyclic) bond motifs is 2. The van der Waals surface area contributed by atoms with Gasteiger partial charge < -0.3 is 76.8 Å². The third kappa shape index (κ3) is 30.4. The van der Waals surface area contributed by atoms with E-state index in [0.29, 0.717) is 111 Å². The van der Waals surface area contributed by atoms with Crippen molar-refractivity contribution >= 4 is 166 Å². The van der Waals surface area contributed by atoms with Gasteiger partial charge in [-0.15, -0.1) is 38.0 Å². The molecule has 4 heterocycles. The number of nitrogens with zero attached hydrogens (tertiary/aromatic N) is 3. The lowest BCUT2D eigenvalue weighted by Crippen LogP contribution is -2.58. The van der Waals surface area contributed by atoms with E-state index in [1.807, 2.05) is 68.4 Å². The van der Waals surface area contributed by atoms with Gasteiger partial charge in [0.1, 0.15) is 82.2 Å². The van der Waals surface area contributed by atoms with Crippen LogP contribution in [0.2, 0.25) is 10.0 Å². The smallest absolute Gasteiger partial charge is 0.372 e. The van der Waals surface area contributed by atoms with Gasteiger partial charge in [0.2, 0.25) is 55.3 Å². The molecule has 8 aromatic rings. The number of likely N-dealkylation sites (tertiary alicyclic amines) is 1. The normalized spacial score (nSPS) is 20.2. The summed E-state index contributed by atoms with van der Waals surface area (Å²) in [6.07, 6.45) is 7.79. The van der Waals surface area contributed by atoms with Crippen LogP contribution in [0.15, 0.2) is 171 Å². The molecule has 4 saturated carbocycles. The van der Waals surface area contributed by atoms with E-state index in [9.17, 15) is 77.5 Å². The van der Waals surface area contributed by atoms with Crippen LogP contribution in [-0.4, -0.2) is 192 Å². The van der Waals surface area contributed by atoms with Crippen LogP contribution in [-0.2, 0) is 63.2 Å². The largest absolute Gasteiger partial charge is 0.494 e. The van der Waals surface area contributed by atoms with E-state index in [4.69, 9.17) is 63.2 Å². The molecule has 6 aliphatic rings. The Kier molecular flexibility index (Phi) is 38.4. The number of nitrogens with two attached hydrogens (primary N) is 1. The lowest BCUT2D eigenvalue weighted by molar-refractivity contribution is -0.152. The highest BCUT2D eigenvalue weighted by atomic mass is 35.5. The molecule has 138 heavy (non-hydrogen) atoms. The van der Waals surface area contributed by atoms with Gasteiger partial charge in [-0.2, -0.15) is 0 Å². The van der Waals surface area contributed by atoms with Gasteiger partial charge in [-0.25, -0.2) is 58.7 Å². The summed E-state index contributed by atoms with van der Waals surface area (Å²) in [5, 5.41) is 46.3. The summed E-state index contributed by atoms with van der Waals surface area (Å²) in [6.45, 7) is 29.0. The van der Waals surface area contributed by atoms with Gasteiger partial charge in [0, 0.05) is 91.0 Å². The SMILES string of the molecule is C=C[C@@H]1C[C@]1(NC(=O)[C@@H]1C[C@@H](Oc2ncc(OC)c3ccc(Cl)cc23)CN1)C(=O)NS(=O)(=O)C1CC1.C=C[C@@H]1C[C@]1(NC(=O)[C@@H]1C[C@@H](Oc2ncc(OC)c3ccc(Cl)cc23)CN1C(=O)C(Nc1cccc(F)c1)C(C)(C)C)C(=O)NS(=O)(=O)C1CC1.CC(C)(C)C(=O)C(=O)O.CC(C)(C)C(Nc1cccc(F)c1)C(=O)O.CC(C)(C)C(Nc1cccc(F)c1)C(=O)O.Cl.Cl.Nc1cccc(F)c1. The molecule has 6 fully saturated rings. The number of aliphatic carboxylic acids is 3. The number of hydrogen-bond acceptors (Lipinski definition) is 24. The number of hydrogen-bond donors (Lipinski definition) is 12. The monoisotopic (exact) mass is 2040 g/mol. The molecule has 4 aliphatic carbocycles. The third-order valence-corrected chi connectivity index (χ3v) is 26.9. The van der Waals surface area contributed by atoms with E-state index >= 15 is 0 Å². The summed E-state index contributed by atoms with van der Waals surface area (Å²) in [4.78, 5) is 121. The number of Topliss-reactive ketones (excluding diaryl/α,β-unsaturated/α-hetero) is 1. The average Bonchev–Trinajstić information content (AvgIpc) is 1.58. The predicted octanol–water partition coefficient (Wildman–Crippen LogP) is 14.7. The Balaban J connectivity index is 0.000000256. The van der Waals surface area contributed by atoms with Crippen molar-refractivity contribution in [3.8, 4) is 23.3 Å². The number of nitrogens with one attached hydrogen (secondary N) is 8. The van der Waals surface area contributed by atoms with Gasteiger partial charge in [0.25, 0.3) is 11.8 Å². The summed E-state index contributed by atoms with van der Waals surface area (Å²) in [6, 6.07) is 29.5. The number of carboxylic acid groups (broad SMARTS) is 3. The number of carboxylic acids is 3. The number of anilines is 4. The number of carbonyl (C=O) groups excluding carboxylic acids is 6. The minimum absolute atomic E-state index is 0. The van der Waals surface area contributed by atoms with Gasteiger partial charge in [0.15, 0.2) is 0 Å². The molecule has 750 valence electrons. The maximum Gasteiger partial charge on any atom is 0.372 e. The van der Waals surface area contributed by atoms with Crippen LogP contribution in [0.4, 0.5) is 40.3 Å². The van der Waals surface area contributed by atoms with Crippen molar-refractivity contribution in [3.05, 3.63) is 204 Å². The van der Waals surface area contributed by atoms with Crippen molar-refractivity contribution in [1.82, 2.24) is 40.3 Å². The summed E-state index contributed by atoms with van der Waals surface area (Å²) in [5.41, 5.74) is 1.78. The van der Waals surface area contributed by atoms with Crippen LogP contribution in [0, 0.1) is 56.8 Å². The highest BCUT2D eigenvalue weighted by molar-refractivity contribution is 7.91. The molecular weight excluding hydrogens is 1920 g/mol. The van der Waals surface area contributed by atoms with Gasteiger partial charge in [-0.1, -0.05) is 143 Å². The maximum absolute atomic E-state index is 14.5. The number of sulfonamides is 2. The Bertz CT molecular complexity index is 5950. The number of benzene rings is 6. The highest BCUT2D eigenvalue weighted by Crippen LogP contribution is 2.48. The fraction of sp³-hybridized carbons (Fsp3) is 0.427. The fourth-order valence-electron chi connectivity index (χ4n) is 14.7. The molecular formula is C96H118Cl4F4N12O20S2. The van der Waals surface area contributed by atoms with Crippen molar-refractivity contribution in [3.63, 3.8) is 0 Å². The quantitative estimate of drug-likeness (QED) is 0.00938. The number of halogens is 8. The highest BCUT2D eigenvalue weighted by Gasteiger charge is 2.63. The van der Waals surface area contributed by atoms with Crippen molar-refractivity contribution < 1.29 is 112 Å². The summed E-state index contributed by atoms with van der Waals surface area (Å²) < 4.78 is 130. The number of methoxy groups -OCH3 is 2. The van der Waals surface area contributed by atoms with Gasteiger partial charge in [-0.05, 0) is 164 Å². The molecule has 32 nitrogen and oxygen atoms in total. The Morgan fingerprint density at radius 2 is 0.906 bits per heavy atom. The molecule has 2 aliphatic heterocycles. The van der Waals surface area contributed by atoms with Gasteiger partial charge in [-0.3, -0.25) is 38.2 Å². The van der Waals surface area contributed by atoms with Crippen LogP contribution in [0.25, 0.3) is 21.5 Å². The lowest BCUT2D eigenvalue weighted by atomic mass is 9.85. The van der Waals surface area contributed by atoms with Gasteiger partial charge in [0.05, 0.1) is 49.7 Å². The molecule has 14 rings (SSSR count). The Labute approximate surface area is 821 Å².